The van der Waals surface area contributed by atoms with Gasteiger partial charge < -0.3 is 9.84 Å². The van der Waals surface area contributed by atoms with Gasteiger partial charge in [0.2, 0.25) is 0 Å². The molecule has 1 N–H and O–H groups in total. The molecule has 0 spiro atoms. The van der Waals surface area contributed by atoms with Crippen LogP contribution in [-0.4, -0.2) is 5.11 Å². The number of rotatable bonds is 4. The van der Waals surface area contributed by atoms with Gasteiger partial charge >= 0.3 is 0 Å². The van der Waals surface area contributed by atoms with E-state index in [4.69, 9.17) is 27.9 Å². The summed E-state index contributed by atoms with van der Waals surface area (Å²) in [6, 6.07) is 9.76. The molecule has 2 aromatic carbocycles. The Morgan fingerprint density at radius 1 is 1.05 bits per heavy atom. The van der Waals surface area contributed by atoms with Gasteiger partial charge in [-0.15, -0.1) is 0 Å². The average Bonchev–Trinajstić information content (AvgIpc) is 2.93. The van der Waals surface area contributed by atoms with Gasteiger partial charge in [0.15, 0.2) is 0 Å². The second-order valence-electron chi connectivity index (χ2n) is 5.28. The van der Waals surface area contributed by atoms with E-state index >= 15 is 0 Å². The summed E-state index contributed by atoms with van der Waals surface area (Å²) >= 11 is 12.1. The lowest BCUT2D eigenvalue weighted by Crippen LogP contribution is -2.00. The highest BCUT2D eigenvalue weighted by atomic mass is 35.5. The first-order valence-electron chi connectivity index (χ1n) is 6.99. The van der Waals surface area contributed by atoms with Crippen molar-refractivity contribution >= 4 is 23.2 Å². The quantitative estimate of drug-likeness (QED) is 0.894. The van der Waals surface area contributed by atoms with E-state index in [1.807, 2.05) is 0 Å². The number of aliphatic hydroxyl groups excluding tert-OH is 1. The average molecular weight is 323 g/mol. The van der Waals surface area contributed by atoms with Gasteiger partial charge in [-0.05, 0) is 48.1 Å². The summed E-state index contributed by atoms with van der Waals surface area (Å²) in [6.07, 6.45) is 3.55. The number of hydrogen-bond donors (Lipinski definition) is 1. The molecule has 110 valence electrons. The second-order valence-corrected chi connectivity index (χ2v) is 6.12. The number of hydrogen-bond acceptors (Lipinski definition) is 2. The van der Waals surface area contributed by atoms with Crippen LogP contribution in [-0.2, 0) is 26.1 Å². The molecular formula is C17H16Cl2O2. The first kappa shape index (κ1) is 14.7. The number of aliphatic hydroxyl groups is 1. The standard InChI is InChI=1S/C17H16Cl2O2/c18-15-7-14(9-20)17(16(19)8-15)21-10-11-4-5-12-2-1-3-13(12)6-11/h4-8,20H,1-3,9-10H2. The van der Waals surface area contributed by atoms with Crippen molar-refractivity contribution in [3.05, 3.63) is 62.6 Å². The first-order chi connectivity index (χ1) is 10.2. The van der Waals surface area contributed by atoms with Gasteiger partial charge in [-0.1, -0.05) is 41.4 Å². The maximum atomic E-state index is 9.39. The zero-order valence-electron chi connectivity index (χ0n) is 11.5. The van der Waals surface area contributed by atoms with Crippen molar-refractivity contribution in [3.63, 3.8) is 0 Å². The fourth-order valence-corrected chi connectivity index (χ4v) is 3.35. The Hall–Kier alpha value is -1.22. The minimum atomic E-state index is -0.153. The highest BCUT2D eigenvalue weighted by molar-refractivity contribution is 6.35. The predicted molar refractivity (Wildman–Crippen MR) is 85.2 cm³/mol. The fraction of sp³-hybridized carbons (Fsp3) is 0.294. The van der Waals surface area contributed by atoms with Gasteiger partial charge in [0, 0.05) is 10.6 Å². The molecule has 0 heterocycles. The lowest BCUT2D eigenvalue weighted by Gasteiger charge is -2.13. The summed E-state index contributed by atoms with van der Waals surface area (Å²) in [5.41, 5.74) is 4.58. The lowest BCUT2D eigenvalue weighted by molar-refractivity contribution is 0.259. The fourth-order valence-electron chi connectivity index (χ4n) is 2.76. The smallest absolute Gasteiger partial charge is 0.144 e. The minimum absolute atomic E-state index is 0.153. The SMILES string of the molecule is OCc1cc(Cl)cc(Cl)c1OCc1ccc2c(c1)CCC2. The van der Waals surface area contributed by atoms with E-state index in [2.05, 4.69) is 18.2 Å². The van der Waals surface area contributed by atoms with Crippen LogP contribution in [0, 0.1) is 0 Å². The van der Waals surface area contributed by atoms with Crippen molar-refractivity contribution in [2.24, 2.45) is 0 Å². The lowest BCUT2D eigenvalue weighted by atomic mass is 10.1. The van der Waals surface area contributed by atoms with Crippen LogP contribution in [0.1, 0.15) is 28.7 Å². The molecular weight excluding hydrogens is 307 g/mol. The maximum Gasteiger partial charge on any atom is 0.144 e. The van der Waals surface area contributed by atoms with E-state index in [0.717, 1.165) is 12.0 Å². The molecule has 0 saturated heterocycles. The molecule has 0 bridgehead atoms. The van der Waals surface area contributed by atoms with Crippen LogP contribution >= 0.6 is 23.2 Å². The Balaban J connectivity index is 1.79. The van der Waals surface area contributed by atoms with Crippen LogP contribution in [0.2, 0.25) is 10.0 Å². The Morgan fingerprint density at radius 3 is 2.67 bits per heavy atom. The third-order valence-corrected chi connectivity index (χ3v) is 4.30. The van der Waals surface area contributed by atoms with E-state index in [-0.39, 0.29) is 6.61 Å². The van der Waals surface area contributed by atoms with Gasteiger partial charge in [0.05, 0.1) is 11.6 Å². The Kier molecular flexibility index (Phi) is 4.39. The number of ether oxygens (including phenoxy) is 1. The number of fused-ring (bicyclic) bond motifs is 1. The summed E-state index contributed by atoms with van der Waals surface area (Å²) in [6.45, 7) is 0.279. The topological polar surface area (TPSA) is 29.5 Å². The molecule has 0 fully saturated rings. The zero-order chi connectivity index (χ0) is 14.8. The Labute approximate surface area is 134 Å². The van der Waals surface area contributed by atoms with Gasteiger partial charge in [-0.25, -0.2) is 0 Å². The predicted octanol–water partition coefficient (Wildman–Crippen LogP) is 4.55. The highest BCUT2D eigenvalue weighted by Crippen LogP contribution is 2.33. The van der Waals surface area contributed by atoms with E-state index < -0.39 is 0 Å². The molecule has 21 heavy (non-hydrogen) atoms. The van der Waals surface area contributed by atoms with Crippen LogP contribution in [0.15, 0.2) is 30.3 Å². The zero-order valence-corrected chi connectivity index (χ0v) is 13.0. The first-order valence-corrected chi connectivity index (χ1v) is 7.75. The molecule has 0 saturated carbocycles. The van der Waals surface area contributed by atoms with Crippen LogP contribution in [0.3, 0.4) is 0 Å². The molecule has 0 radical (unpaired) electrons. The number of halogens is 2. The van der Waals surface area contributed by atoms with Crippen molar-refractivity contribution in [3.8, 4) is 5.75 Å². The highest BCUT2D eigenvalue weighted by Gasteiger charge is 2.13. The molecule has 3 rings (SSSR count). The monoisotopic (exact) mass is 322 g/mol. The molecule has 2 aromatic rings. The summed E-state index contributed by atoms with van der Waals surface area (Å²) in [4.78, 5) is 0. The third kappa shape index (κ3) is 3.18. The van der Waals surface area contributed by atoms with Gasteiger partial charge in [-0.3, -0.25) is 0 Å². The molecule has 0 aromatic heterocycles. The molecule has 0 aliphatic heterocycles. The Morgan fingerprint density at radius 2 is 1.86 bits per heavy atom. The molecule has 0 atom stereocenters. The van der Waals surface area contributed by atoms with Crippen LogP contribution in [0.25, 0.3) is 0 Å². The van der Waals surface area contributed by atoms with Crippen LogP contribution < -0.4 is 4.74 Å². The van der Waals surface area contributed by atoms with E-state index in [0.29, 0.717) is 28.0 Å². The second kappa shape index (κ2) is 6.27. The van der Waals surface area contributed by atoms with Gasteiger partial charge in [0.1, 0.15) is 12.4 Å². The van der Waals surface area contributed by atoms with Crippen molar-refractivity contribution in [1.29, 1.82) is 0 Å². The van der Waals surface area contributed by atoms with Gasteiger partial charge in [0.25, 0.3) is 0 Å². The van der Waals surface area contributed by atoms with E-state index in [1.54, 1.807) is 12.1 Å². The maximum absolute atomic E-state index is 9.39. The number of benzene rings is 2. The molecule has 1 aliphatic carbocycles. The Bertz CT molecular complexity index is 668. The van der Waals surface area contributed by atoms with Gasteiger partial charge in [-0.2, -0.15) is 0 Å². The summed E-state index contributed by atoms with van der Waals surface area (Å²) in [5, 5.41) is 10.3. The van der Waals surface area contributed by atoms with E-state index in [9.17, 15) is 5.11 Å². The van der Waals surface area contributed by atoms with Crippen molar-refractivity contribution in [1.82, 2.24) is 0 Å². The molecule has 4 heteroatoms. The summed E-state index contributed by atoms with van der Waals surface area (Å²) < 4.78 is 5.81. The van der Waals surface area contributed by atoms with Crippen molar-refractivity contribution in [2.75, 3.05) is 0 Å². The van der Waals surface area contributed by atoms with Crippen LogP contribution in [0.5, 0.6) is 5.75 Å². The van der Waals surface area contributed by atoms with Crippen LogP contribution in [0.4, 0.5) is 0 Å². The molecule has 0 amide bonds. The van der Waals surface area contributed by atoms with E-state index in [1.165, 1.54) is 24.0 Å². The van der Waals surface area contributed by atoms with Crippen molar-refractivity contribution < 1.29 is 9.84 Å². The summed E-state index contributed by atoms with van der Waals surface area (Å²) in [5.74, 6) is 0.504. The summed E-state index contributed by atoms with van der Waals surface area (Å²) in [7, 11) is 0. The normalized spacial score (nSPS) is 13.3. The molecule has 1 aliphatic rings. The van der Waals surface area contributed by atoms with Crippen molar-refractivity contribution in [2.45, 2.75) is 32.5 Å². The molecule has 2 nitrogen and oxygen atoms in total. The largest absolute Gasteiger partial charge is 0.487 e. The minimum Gasteiger partial charge on any atom is -0.487 e. The molecule has 0 unspecified atom stereocenters. The third-order valence-electron chi connectivity index (χ3n) is 3.80. The number of aryl methyl sites for hydroxylation is 2.